The number of rotatable bonds is 4. The first-order valence-corrected chi connectivity index (χ1v) is 7.16. The molecule has 0 amide bonds. The minimum atomic E-state index is -0.0315. The zero-order valence-corrected chi connectivity index (χ0v) is 11.4. The van der Waals surface area contributed by atoms with E-state index in [0.29, 0.717) is 11.2 Å². The Morgan fingerprint density at radius 2 is 2.33 bits per heavy atom. The maximum atomic E-state index is 11.8. The maximum Gasteiger partial charge on any atom is 0.268 e. The smallest absolute Gasteiger partial charge is 0.268 e. The molecule has 0 aliphatic heterocycles. The van der Waals surface area contributed by atoms with Crippen LogP contribution in [0.3, 0.4) is 0 Å². The Balaban J connectivity index is 1.80. The third-order valence-corrected chi connectivity index (χ3v) is 4.58. The average Bonchev–Trinajstić information content (AvgIpc) is 3.07. The molecule has 5 heteroatoms. The molecule has 96 valence electrons. The van der Waals surface area contributed by atoms with Crippen molar-refractivity contribution in [3.63, 3.8) is 0 Å². The molecule has 0 unspecified atom stereocenters. The highest BCUT2D eigenvalue weighted by molar-refractivity contribution is 7.17. The molecule has 1 saturated carbocycles. The molecule has 2 aromatic rings. The van der Waals surface area contributed by atoms with Gasteiger partial charge in [0.2, 0.25) is 0 Å². The predicted molar refractivity (Wildman–Crippen MR) is 73.9 cm³/mol. The topological polar surface area (TPSA) is 57.8 Å². The first kappa shape index (κ1) is 11.9. The van der Waals surface area contributed by atoms with Crippen molar-refractivity contribution >= 4 is 21.6 Å². The molecular weight excluding hydrogens is 246 g/mol. The van der Waals surface area contributed by atoms with Gasteiger partial charge in [0.1, 0.15) is 10.5 Å². The fourth-order valence-corrected chi connectivity index (χ4v) is 2.99. The predicted octanol–water partition coefficient (Wildman–Crippen LogP) is 2.26. The second-order valence-corrected chi connectivity index (χ2v) is 6.41. The van der Waals surface area contributed by atoms with Crippen molar-refractivity contribution in [1.82, 2.24) is 15.3 Å². The first-order chi connectivity index (χ1) is 8.56. The first-order valence-electron chi connectivity index (χ1n) is 6.28. The summed E-state index contributed by atoms with van der Waals surface area (Å²) in [5, 5.41) is 5.39. The maximum absolute atomic E-state index is 11.8. The molecular formula is C13H17N3OS. The molecule has 1 aliphatic rings. The standard InChI is InChI=1S/C13H17N3OS/c1-13(2,8-3-4-8)14-7-10-15-9-5-6-18-11(9)12(17)16-10/h5-6,8,14H,3-4,7H2,1-2H3,(H,15,16,17). The number of hydrogen-bond acceptors (Lipinski definition) is 4. The van der Waals surface area contributed by atoms with Crippen molar-refractivity contribution in [2.24, 2.45) is 5.92 Å². The second kappa shape index (κ2) is 4.17. The third kappa shape index (κ3) is 2.20. The van der Waals surface area contributed by atoms with E-state index in [-0.39, 0.29) is 11.1 Å². The Kier molecular flexibility index (Phi) is 2.75. The van der Waals surface area contributed by atoms with Gasteiger partial charge in [-0.05, 0) is 44.1 Å². The highest BCUT2D eigenvalue weighted by atomic mass is 32.1. The van der Waals surface area contributed by atoms with Crippen LogP contribution in [0.2, 0.25) is 0 Å². The van der Waals surface area contributed by atoms with E-state index >= 15 is 0 Å². The van der Waals surface area contributed by atoms with Crippen molar-refractivity contribution < 1.29 is 0 Å². The summed E-state index contributed by atoms with van der Waals surface area (Å²) in [5.74, 6) is 1.48. The summed E-state index contributed by atoms with van der Waals surface area (Å²) in [7, 11) is 0. The summed E-state index contributed by atoms with van der Waals surface area (Å²) in [6.07, 6.45) is 2.60. The van der Waals surface area contributed by atoms with E-state index in [0.717, 1.165) is 17.3 Å². The van der Waals surface area contributed by atoms with Crippen LogP contribution in [-0.2, 0) is 6.54 Å². The van der Waals surface area contributed by atoms with Gasteiger partial charge in [0.15, 0.2) is 0 Å². The van der Waals surface area contributed by atoms with E-state index < -0.39 is 0 Å². The van der Waals surface area contributed by atoms with Crippen molar-refractivity contribution in [2.75, 3.05) is 0 Å². The van der Waals surface area contributed by atoms with Crippen molar-refractivity contribution in [1.29, 1.82) is 0 Å². The molecule has 0 spiro atoms. The Hall–Kier alpha value is -1.20. The van der Waals surface area contributed by atoms with Crippen LogP contribution in [0.1, 0.15) is 32.5 Å². The molecule has 0 saturated heterocycles. The lowest BCUT2D eigenvalue weighted by atomic mass is 9.99. The number of nitrogens with zero attached hydrogens (tertiary/aromatic N) is 1. The van der Waals surface area contributed by atoms with Crippen LogP contribution in [0, 0.1) is 5.92 Å². The van der Waals surface area contributed by atoms with E-state index in [2.05, 4.69) is 29.1 Å². The molecule has 0 aromatic carbocycles. The molecule has 1 fully saturated rings. The highest BCUT2D eigenvalue weighted by Gasteiger charge is 2.37. The fourth-order valence-electron chi connectivity index (χ4n) is 2.27. The molecule has 4 nitrogen and oxygen atoms in total. The van der Waals surface area contributed by atoms with Gasteiger partial charge in [-0.3, -0.25) is 4.79 Å². The van der Waals surface area contributed by atoms with E-state index in [1.807, 2.05) is 11.4 Å². The van der Waals surface area contributed by atoms with Crippen molar-refractivity contribution in [3.8, 4) is 0 Å². The van der Waals surface area contributed by atoms with E-state index in [9.17, 15) is 4.79 Å². The number of aromatic nitrogens is 2. The summed E-state index contributed by atoms with van der Waals surface area (Å²) in [4.78, 5) is 19.1. The molecule has 2 aromatic heterocycles. The van der Waals surface area contributed by atoms with Gasteiger partial charge in [-0.2, -0.15) is 0 Å². The molecule has 2 N–H and O–H groups in total. The minimum absolute atomic E-state index is 0.0315. The largest absolute Gasteiger partial charge is 0.308 e. The van der Waals surface area contributed by atoms with Crippen LogP contribution >= 0.6 is 11.3 Å². The van der Waals surface area contributed by atoms with E-state index in [4.69, 9.17) is 0 Å². The SMILES string of the molecule is CC(C)(NCc1nc2ccsc2c(=O)[nH]1)C1CC1. The molecule has 0 radical (unpaired) electrons. The van der Waals surface area contributed by atoms with Crippen molar-refractivity contribution in [2.45, 2.75) is 38.8 Å². The molecule has 18 heavy (non-hydrogen) atoms. The van der Waals surface area contributed by atoms with E-state index in [1.165, 1.54) is 24.2 Å². The number of thiophene rings is 1. The summed E-state index contributed by atoms with van der Waals surface area (Å²) in [6, 6.07) is 1.89. The van der Waals surface area contributed by atoms with Crippen LogP contribution in [0.5, 0.6) is 0 Å². The summed E-state index contributed by atoms with van der Waals surface area (Å²) < 4.78 is 0.709. The molecule has 0 bridgehead atoms. The lowest BCUT2D eigenvalue weighted by molar-refractivity contribution is 0.335. The minimum Gasteiger partial charge on any atom is -0.308 e. The normalized spacial score (nSPS) is 16.3. The Bertz CT molecular complexity index is 624. The third-order valence-electron chi connectivity index (χ3n) is 3.67. The van der Waals surface area contributed by atoms with Gasteiger partial charge in [-0.25, -0.2) is 4.98 Å². The Morgan fingerprint density at radius 1 is 1.56 bits per heavy atom. The molecule has 0 atom stereocenters. The second-order valence-electron chi connectivity index (χ2n) is 5.50. The van der Waals surface area contributed by atoms with Crippen LogP contribution in [0.25, 0.3) is 10.2 Å². The Morgan fingerprint density at radius 3 is 3.06 bits per heavy atom. The molecule has 3 rings (SSSR count). The van der Waals surface area contributed by atoms with Gasteiger partial charge < -0.3 is 10.3 Å². The average molecular weight is 263 g/mol. The quantitative estimate of drug-likeness (QED) is 0.889. The van der Waals surface area contributed by atoms with Gasteiger partial charge in [-0.1, -0.05) is 0 Å². The summed E-state index contributed by atoms with van der Waals surface area (Å²) in [6.45, 7) is 5.04. The number of nitrogens with one attached hydrogen (secondary N) is 2. The molecule has 1 aliphatic carbocycles. The number of aromatic amines is 1. The van der Waals surface area contributed by atoms with Gasteiger partial charge in [-0.15, -0.1) is 11.3 Å². The van der Waals surface area contributed by atoms with Gasteiger partial charge in [0.05, 0.1) is 12.1 Å². The summed E-state index contributed by atoms with van der Waals surface area (Å²) in [5.41, 5.74) is 0.892. The van der Waals surface area contributed by atoms with Crippen LogP contribution in [-0.4, -0.2) is 15.5 Å². The van der Waals surface area contributed by atoms with Crippen molar-refractivity contribution in [3.05, 3.63) is 27.6 Å². The van der Waals surface area contributed by atoms with E-state index in [1.54, 1.807) is 0 Å². The fraction of sp³-hybridized carbons (Fsp3) is 0.538. The highest BCUT2D eigenvalue weighted by Crippen LogP contribution is 2.39. The Labute approximate surface area is 109 Å². The number of H-pyrrole nitrogens is 1. The van der Waals surface area contributed by atoms with Crippen LogP contribution in [0.4, 0.5) is 0 Å². The van der Waals surface area contributed by atoms with Crippen LogP contribution in [0.15, 0.2) is 16.2 Å². The number of hydrogen-bond donors (Lipinski definition) is 2. The van der Waals surface area contributed by atoms with Crippen LogP contribution < -0.4 is 10.9 Å². The zero-order valence-electron chi connectivity index (χ0n) is 10.6. The monoisotopic (exact) mass is 263 g/mol. The summed E-state index contributed by atoms with van der Waals surface area (Å²) >= 11 is 1.43. The molecule has 2 heterocycles. The number of fused-ring (bicyclic) bond motifs is 1. The van der Waals surface area contributed by atoms with Gasteiger partial charge in [0.25, 0.3) is 5.56 Å². The zero-order chi connectivity index (χ0) is 12.8. The van der Waals surface area contributed by atoms with Gasteiger partial charge in [0, 0.05) is 5.54 Å². The lowest BCUT2D eigenvalue weighted by Gasteiger charge is -2.25. The van der Waals surface area contributed by atoms with Gasteiger partial charge >= 0.3 is 0 Å². The lowest BCUT2D eigenvalue weighted by Crippen LogP contribution is -2.41.